The van der Waals surface area contributed by atoms with Crippen LogP contribution in [0.3, 0.4) is 0 Å². The second-order valence-corrected chi connectivity index (χ2v) is 8.96. The highest BCUT2D eigenvalue weighted by molar-refractivity contribution is 8.17. The van der Waals surface area contributed by atoms with Crippen LogP contribution in [0.25, 0.3) is 0 Å². The lowest BCUT2D eigenvalue weighted by molar-refractivity contribution is 1.00. The Morgan fingerprint density at radius 3 is 1.52 bits per heavy atom. The molecule has 0 N–H and O–H groups in total. The lowest BCUT2D eigenvalue weighted by atomic mass is 10.2. The average Bonchev–Trinajstić information content (AvgIpc) is 2.57. The molecule has 0 aliphatic rings. The van der Waals surface area contributed by atoms with Gasteiger partial charge < -0.3 is 0 Å². The lowest BCUT2D eigenvalue weighted by Crippen LogP contribution is -2.12. The van der Waals surface area contributed by atoms with Crippen molar-refractivity contribution in [3.05, 3.63) is 95.5 Å². The van der Waals surface area contributed by atoms with Gasteiger partial charge in [-0.3, -0.25) is 0 Å². The Morgan fingerprint density at radius 2 is 1.09 bits per heavy atom. The zero-order valence-electron chi connectivity index (χ0n) is 12.8. The van der Waals surface area contributed by atoms with Gasteiger partial charge >= 0.3 is 0 Å². The minimum Gasteiger partial charge on any atom is -0.103 e. The summed E-state index contributed by atoms with van der Waals surface area (Å²) >= 11 is 9.80. The summed E-state index contributed by atoms with van der Waals surface area (Å²) in [6.07, 6.45) is 0. The molecule has 0 saturated heterocycles. The molecule has 0 heterocycles. The van der Waals surface area contributed by atoms with E-state index in [0.717, 1.165) is 5.02 Å². The summed E-state index contributed by atoms with van der Waals surface area (Å²) in [5, 5.41) is 0.769. The van der Waals surface area contributed by atoms with Crippen molar-refractivity contribution >= 4 is 35.1 Å². The molecule has 0 radical (unpaired) electrons. The molecular weight excluding hydrogens is 340 g/mol. The van der Waals surface area contributed by atoms with Crippen LogP contribution in [0.5, 0.6) is 0 Å². The summed E-state index contributed by atoms with van der Waals surface area (Å²) in [7, 11) is 0. The molecule has 0 fully saturated rings. The van der Waals surface area contributed by atoms with Crippen molar-refractivity contribution in [2.75, 3.05) is 0 Å². The third-order valence-electron chi connectivity index (χ3n) is 3.48. The molecule has 0 aromatic heterocycles. The normalized spacial score (nSPS) is 11.4. The SMILES string of the molecule is CC(Sc1ccccc1)(Sc1ccccc1)c1ccc(Cl)cc1. The van der Waals surface area contributed by atoms with E-state index in [1.54, 1.807) is 0 Å². The third-order valence-corrected chi connectivity index (χ3v) is 6.50. The summed E-state index contributed by atoms with van der Waals surface area (Å²) in [6, 6.07) is 29.2. The molecule has 0 atom stereocenters. The van der Waals surface area contributed by atoms with Crippen molar-refractivity contribution in [1.82, 2.24) is 0 Å². The molecule has 0 amide bonds. The van der Waals surface area contributed by atoms with E-state index < -0.39 is 0 Å². The maximum absolute atomic E-state index is 6.07. The van der Waals surface area contributed by atoms with Crippen LogP contribution >= 0.6 is 35.1 Å². The largest absolute Gasteiger partial charge is 0.103 e. The van der Waals surface area contributed by atoms with Crippen LogP contribution in [0.15, 0.2) is 94.7 Å². The van der Waals surface area contributed by atoms with E-state index >= 15 is 0 Å². The van der Waals surface area contributed by atoms with E-state index in [9.17, 15) is 0 Å². The number of rotatable bonds is 5. The van der Waals surface area contributed by atoms with E-state index in [4.69, 9.17) is 11.6 Å². The van der Waals surface area contributed by atoms with Crippen LogP contribution in [0, 0.1) is 0 Å². The van der Waals surface area contributed by atoms with E-state index in [2.05, 4.69) is 67.6 Å². The Balaban J connectivity index is 1.96. The first kappa shape index (κ1) is 16.5. The molecule has 3 aromatic rings. The van der Waals surface area contributed by atoms with Gasteiger partial charge in [-0.15, -0.1) is 23.5 Å². The molecule has 0 spiro atoms. The van der Waals surface area contributed by atoms with Gasteiger partial charge in [0.05, 0.1) is 4.08 Å². The van der Waals surface area contributed by atoms with Gasteiger partial charge in [-0.2, -0.15) is 0 Å². The van der Waals surface area contributed by atoms with Crippen LogP contribution in [-0.4, -0.2) is 0 Å². The maximum Gasteiger partial charge on any atom is 0.0924 e. The van der Waals surface area contributed by atoms with Crippen LogP contribution in [0.1, 0.15) is 12.5 Å². The molecule has 0 aliphatic carbocycles. The Labute approximate surface area is 151 Å². The van der Waals surface area contributed by atoms with Gasteiger partial charge in [0.2, 0.25) is 0 Å². The van der Waals surface area contributed by atoms with Gasteiger partial charge in [0, 0.05) is 14.8 Å². The highest BCUT2D eigenvalue weighted by Gasteiger charge is 2.29. The van der Waals surface area contributed by atoms with Crippen molar-refractivity contribution in [2.24, 2.45) is 0 Å². The molecule has 116 valence electrons. The van der Waals surface area contributed by atoms with Gasteiger partial charge in [0.15, 0.2) is 0 Å². The molecule has 3 rings (SSSR count). The number of hydrogen-bond donors (Lipinski definition) is 0. The third kappa shape index (κ3) is 4.35. The lowest BCUT2D eigenvalue weighted by Gasteiger charge is -2.29. The van der Waals surface area contributed by atoms with Crippen LogP contribution < -0.4 is 0 Å². The van der Waals surface area contributed by atoms with E-state index in [0.29, 0.717) is 0 Å². The first-order valence-corrected chi connectivity index (χ1v) is 9.41. The summed E-state index contributed by atoms with van der Waals surface area (Å²) in [4.78, 5) is 2.52. The fourth-order valence-corrected chi connectivity index (χ4v) is 5.18. The minimum absolute atomic E-state index is 0.132. The second kappa shape index (κ2) is 7.48. The van der Waals surface area contributed by atoms with Crippen molar-refractivity contribution in [1.29, 1.82) is 0 Å². The highest BCUT2D eigenvalue weighted by atomic mass is 35.5. The topological polar surface area (TPSA) is 0 Å². The Kier molecular flexibility index (Phi) is 5.37. The molecule has 0 unspecified atom stereocenters. The molecular formula is C20H17ClS2. The standard InChI is InChI=1S/C20H17ClS2/c1-20(16-12-14-17(21)15-13-16,22-18-8-4-2-5-9-18)23-19-10-6-3-7-11-19/h2-15H,1H3. The zero-order chi connectivity index (χ0) is 16.1. The smallest absolute Gasteiger partial charge is 0.0924 e. The molecule has 0 nitrogen and oxygen atoms in total. The van der Waals surface area contributed by atoms with Crippen molar-refractivity contribution in [3.8, 4) is 0 Å². The Hall–Kier alpha value is -1.35. The average molecular weight is 357 g/mol. The van der Waals surface area contributed by atoms with E-state index in [1.807, 2.05) is 47.8 Å². The monoisotopic (exact) mass is 356 g/mol. The van der Waals surface area contributed by atoms with Crippen molar-refractivity contribution < 1.29 is 0 Å². The van der Waals surface area contributed by atoms with Gasteiger partial charge in [0.1, 0.15) is 0 Å². The van der Waals surface area contributed by atoms with Crippen LogP contribution in [0.4, 0.5) is 0 Å². The molecule has 0 saturated carbocycles. The van der Waals surface area contributed by atoms with Gasteiger partial charge in [0.25, 0.3) is 0 Å². The summed E-state index contributed by atoms with van der Waals surface area (Å²) < 4.78 is -0.132. The zero-order valence-corrected chi connectivity index (χ0v) is 15.2. The summed E-state index contributed by atoms with van der Waals surface area (Å²) in [5.74, 6) is 0. The molecule has 3 aromatic carbocycles. The quantitative estimate of drug-likeness (QED) is 0.353. The van der Waals surface area contributed by atoms with Crippen molar-refractivity contribution in [2.45, 2.75) is 20.8 Å². The molecule has 3 heteroatoms. The number of thioether (sulfide) groups is 2. The Morgan fingerprint density at radius 1 is 0.652 bits per heavy atom. The highest BCUT2D eigenvalue weighted by Crippen LogP contribution is 2.52. The first-order chi connectivity index (χ1) is 11.2. The predicted molar refractivity (Wildman–Crippen MR) is 103 cm³/mol. The fourth-order valence-electron chi connectivity index (χ4n) is 2.32. The molecule has 23 heavy (non-hydrogen) atoms. The number of hydrogen-bond acceptors (Lipinski definition) is 2. The maximum atomic E-state index is 6.07. The summed E-state index contributed by atoms with van der Waals surface area (Å²) in [6.45, 7) is 2.27. The fraction of sp³-hybridized carbons (Fsp3) is 0.100. The summed E-state index contributed by atoms with van der Waals surface area (Å²) in [5.41, 5.74) is 1.25. The van der Waals surface area contributed by atoms with Gasteiger partial charge in [-0.05, 0) is 48.9 Å². The van der Waals surface area contributed by atoms with E-state index in [-0.39, 0.29) is 4.08 Å². The number of benzene rings is 3. The molecule has 0 bridgehead atoms. The molecule has 0 aliphatic heterocycles. The first-order valence-electron chi connectivity index (χ1n) is 7.40. The predicted octanol–water partition coefficient (Wildman–Crippen LogP) is 7.10. The van der Waals surface area contributed by atoms with Gasteiger partial charge in [-0.1, -0.05) is 60.1 Å². The second-order valence-electron chi connectivity index (χ2n) is 5.28. The van der Waals surface area contributed by atoms with Gasteiger partial charge in [-0.25, -0.2) is 0 Å². The number of halogens is 1. The van der Waals surface area contributed by atoms with E-state index in [1.165, 1.54) is 15.4 Å². The van der Waals surface area contributed by atoms with Crippen LogP contribution in [-0.2, 0) is 4.08 Å². The van der Waals surface area contributed by atoms with Crippen molar-refractivity contribution in [3.63, 3.8) is 0 Å². The Bertz CT molecular complexity index is 698. The minimum atomic E-state index is -0.132. The van der Waals surface area contributed by atoms with Crippen LogP contribution in [0.2, 0.25) is 5.02 Å².